The summed E-state index contributed by atoms with van der Waals surface area (Å²) in [6, 6.07) is 13.6. The van der Waals surface area contributed by atoms with Gasteiger partial charge in [-0.25, -0.2) is 0 Å². The molecule has 2 aromatic carbocycles. The predicted molar refractivity (Wildman–Crippen MR) is 130 cm³/mol. The Bertz CT molecular complexity index is 892. The van der Waals surface area contributed by atoms with E-state index in [2.05, 4.69) is 41.1 Å². The lowest BCUT2D eigenvalue weighted by Crippen LogP contribution is -2.51. The second-order valence-electron chi connectivity index (χ2n) is 8.69. The number of likely N-dealkylation sites (N-methyl/N-ethyl adjacent to an activating group) is 1. The molecule has 1 aliphatic rings. The fourth-order valence-corrected chi connectivity index (χ4v) is 4.54. The highest BCUT2D eigenvalue weighted by atomic mass is 16.5. The van der Waals surface area contributed by atoms with Gasteiger partial charge in [0.05, 0.1) is 13.0 Å². The first kappa shape index (κ1) is 25.0. The summed E-state index contributed by atoms with van der Waals surface area (Å²) in [7, 11) is 3.31. The number of carbonyl (C=O) groups excluding carboxylic acids is 1. The van der Waals surface area contributed by atoms with E-state index < -0.39 is 6.10 Å². The van der Waals surface area contributed by atoms with Crippen LogP contribution in [0.2, 0.25) is 0 Å². The van der Waals surface area contributed by atoms with Gasteiger partial charge in [0.15, 0.2) is 11.5 Å². The Morgan fingerprint density at radius 2 is 1.55 bits per heavy atom. The molecule has 2 N–H and O–H groups in total. The Kier molecular flexibility index (Phi) is 9.11. The van der Waals surface area contributed by atoms with Crippen molar-refractivity contribution in [3.63, 3.8) is 0 Å². The lowest BCUT2D eigenvalue weighted by molar-refractivity contribution is -0.122. The van der Waals surface area contributed by atoms with Crippen molar-refractivity contribution < 1.29 is 19.4 Å². The van der Waals surface area contributed by atoms with Gasteiger partial charge >= 0.3 is 0 Å². The van der Waals surface area contributed by atoms with E-state index in [9.17, 15) is 9.90 Å². The van der Waals surface area contributed by atoms with Crippen molar-refractivity contribution in [1.82, 2.24) is 15.1 Å². The van der Waals surface area contributed by atoms with Gasteiger partial charge in [0.25, 0.3) is 0 Å². The summed E-state index contributed by atoms with van der Waals surface area (Å²) in [4.78, 5) is 17.3. The van der Waals surface area contributed by atoms with Gasteiger partial charge in [0, 0.05) is 46.3 Å². The predicted octanol–water partition coefficient (Wildman–Crippen LogP) is 2.20. The quantitative estimate of drug-likeness (QED) is 0.572. The van der Waals surface area contributed by atoms with Crippen molar-refractivity contribution >= 4 is 5.91 Å². The van der Waals surface area contributed by atoms with Crippen LogP contribution in [0.15, 0.2) is 42.5 Å². The second kappa shape index (κ2) is 12.0. The maximum absolute atomic E-state index is 12.7. The van der Waals surface area contributed by atoms with Crippen LogP contribution in [0.4, 0.5) is 0 Å². The van der Waals surface area contributed by atoms with Crippen molar-refractivity contribution in [1.29, 1.82) is 0 Å². The normalized spacial score (nSPS) is 16.8. The summed E-state index contributed by atoms with van der Waals surface area (Å²) in [6.45, 7) is 9.02. The fraction of sp³-hybridized carbons (Fsp3) is 0.500. The molecular weight excluding hydrogens is 418 g/mol. The van der Waals surface area contributed by atoms with E-state index in [1.165, 1.54) is 0 Å². The number of aliphatic hydroxyl groups excluding tert-OH is 1. The van der Waals surface area contributed by atoms with Gasteiger partial charge in [-0.3, -0.25) is 14.6 Å². The van der Waals surface area contributed by atoms with Crippen LogP contribution in [0.3, 0.4) is 0 Å². The third-order valence-electron chi connectivity index (χ3n) is 6.33. The molecule has 1 amide bonds. The van der Waals surface area contributed by atoms with Gasteiger partial charge in [0.2, 0.25) is 5.91 Å². The molecule has 0 bridgehead atoms. The maximum atomic E-state index is 12.7. The summed E-state index contributed by atoms with van der Waals surface area (Å²) < 4.78 is 11.1. The molecule has 0 aromatic heterocycles. The van der Waals surface area contributed by atoms with Crippen LogP contribution in [-0.4, -0.2) is 87.0 Å². The average Bonchev–Trinajstić information content (AvgIpc) is 2.82. The number of β-amino-alcohol motifs (C(OH)–C–C–N with tert-alkyl or cyclic N) is 1. The lowest BCUT2D eigenvalue weighted by atomic mass is 9.89. The van der Waals surface area contributed by atoms with Crippen molar-refractivity contribution in [3.05, 3.63) is 59.2 Å². The Morgan fingerprint density at radius 1 is 0.970 bits per heavy atom. The van der Waals surface area contributed by atoms with Gasteiger partial charge in [-0.1, -0.05) is 30.3 Å². The van der Waals surface area contributed by atoms with Crippen LogP contribution >= 0.6 is 0 Å². The molecule has 1 aliphatic heterocycles. The summed E-state index contributed by atoms with van der Waals surface area (Å²) in [6.07, 6.45) is -0.588. The number of nitrogens with zero attached hydrogens (tertiary/aromatic N) is 2. The first-order valence-electron chi connectivity index (χ1n) is 11.6. The number of carbonyl (C=O) groups is 1. The highest BCUT2D eigenvalue weighted by Gasteiger charge is 2.28. The number of amides is 1. The minimum atomic E-state index is -0.588. The molecule has 2 aromatic rings. The Labute approximate surface area is 197 Å². The van der Waals surface area contributed by atoms with E-state index in [-0.39, 0.29) is 18.4 Å². The topological polar surface area (TPSA) is 74.3 Å². The Hall–Kier alpha value is -2.61. The highest BCUT2D eigenvalue weighted by Crippen LogP contribution is 2.27. The molecule has 7 heteroatoms. The van der Waals surface area contributed by atoms with Crippen LogP contribution in [-0.2, 0) is 4.79 Å². The number of methoxy groups -OCH3 is 1. The van der Waals surface area contributed by atoms with Crippen molar-refractivity contribution in [2.75, 3.05) is 60.0 Å². The van der Waals surface area contributed by atoms with Crippen LogP contribution in [0.1, 0.15) is 22.6 Å². The number of ether oxygens (including phenoxy) is 2. The number of hydrogen-bond acceptors (Lipinski definition) is 6. The molecule has 2 atom stereocenters. The van der Waals surface area contributed by atoms with E-state index in [1.54, 1.807) is 14.2 Å². The number of aliphatic hydroxyl groups is 1. The number of benzene rings is 2. The van der Waals surface area contributed by atoms with Crippen LogP contribution < -0.4 is 14.8 Å². The van der Waals surface area contributed by atoms with E-state index in [0.717, 1.165) is 42.9 Å². The first-order valence-corrected chi connectivity index (χ1v) is 11.6. The highest BCUT2D eigenvalue weighted by molar-refractivity contribution is 5.84. The monoisotopic (exact) mass is 455 g/mol. The number of nitrogens with one attached hydrogen (secondary N) is 1. The van der Waals surface area contributed by atoms with Gasteiger partial charge < -0.3 is 19.9 Å². The molecule has 180 valence electrons. The molecule has 0 aliphatic carbocycles. The van der Waals surface area contributed by atoms with Gasteiger partial charge in [-0.05, 0) is 42.7 Å². The van der Waals surface area contributed by atoms with Crippen LogP contribution in [0, 0.1) is 13.8 Å². The summed E-state index contributed by atoms with van der Waals surface area (Å²) in [5, 5.41) is 13.3. The minimum absolute atomic E-state index is 0.0544. The maximum Gasteiger partial charge on any atom is 0.228 e. The van der Waals surface area contributed by atoms with Gasteiger partial charge in [-0.2, -0.15) is 0 Å². The summed E-state index contributed by atoms with van der Waals surface area (Å²) in [5.41, 5.74) is 3.43. The molecule has 33 heavy (non-hydrogen) atoms. The second-order valence-corrected chi connectivity index (χ2v) is 8.69. The zero-order chi connectivity index (χ0) is 23.8. The average molecular weight is 456 g/mol. The lowest BCUT2D eigenvalue weighted by Gasteiger charge is -2.37. The smallest absolute Gasteiger partial charge is 0.228 e. The molecule has 0 radical (unpaired) electrons. The number of para-hydroxylation sites is 2. The summed E-state index contributed by atoms with van der Waals surface area (Å²) in [5.74, 6) is 1.16. The van der Waals surface area contributed by atoms with Gasteiger partial charge in [-0.15, -0.1) is 0 Å². The van der Waals surface area contributed by atoms with Gasteiger partial charge in [0.1, 0.15) is 12.7 Å². The molecule has 1 heterocycles. The Morgan fingerprint density at radius 3 is 2.12 bits per heavy atom. The molecule has 3 rings (SSSR count). The molecule has 1 fully saturated rings. The van der Waals surface area contributed by atoms with Crippen LogP contribution in [0.25, 0.3) is 0 Å². The van der Waals surface area contributed by atoms with E-state index in [0.29, 0.717) is 24.6 Å². The zero-order valence-electron chi connectivity index (χ0n) is 20.2. The summed E-state index contributed by atoms with van der Waals surface area (Å²) >= 11 is 0. The molecule has 0 saturated carbocycles. The standard InChI is InChI=1S/C26H37N3O4/c1-19-8-7-9-20(2)25(19)22(26(31)27-3)17-29-14-12-28(13-15-29)16-21(30)18-33-24-11-6-5-10-23(24)32-4/h5-11,21-22,30H,12-18H2,1-4H3,(H,27,31). The van der Waals surface area contributed by atoms with E-state index >= 15 is 0 Å². The number of aryl methyl sites for hydroxylation is 2. The number of piperazine rings is 1. The van der Waals surface area contributed by atoms with E-state index in [1.807, 2.05) is 30.3 Å². The molecule has 0 spiro atoms. The van der Waals surface area contributed by atoms with Crippen molar-refractivity contribution in [2.24, 2.45) is 0 Å². The van der Waals surface area contributed by atoms with Crippen molar-refractivity contribution in [3.8, 4) is 11.5 Å². The van der Waals surface area contributed by atoms with Crippen molar-refractivity contribution in [2.45, 2.75) is 25.9 Å². The largest absolute Gasteiger partial charge is 0.493 e. The first-order chi connectivity index (χ1) is 15.9. The number of hydrogen-bond donors (Lipinski definition) is 2. The minimum Gasteiger partial charge on any atom is -0.493 e. The third-order valence-corrected chi connectivity index (χ3v) is 6.33. The molecular formula is C26H37N3O4. The number of rotatable bonds is 10. The Balaban J connectivity index is 1.50. The third kappa shape index (κ3) is 6.69. The molecule has 1 saturated heterocycles. The SMILES string of the molecule is CNC(=O)C(CN1CCN(CC(O)COc2ccccc2OC)CC1)c1c(C)cccc1C. The van der Waals surface area contributed by atoms with Crippen LogP contribution in [0.5, 0.6) is 11.5 Å². The molecule has 2 unspecified atom stereocenters. The van der Waals surface area contributed by atoms with E-state index in [4.69, 9.17) is 9.47 Å². The molecule has 7 nitrogen and oxygen atoms in total. The zero-order valence-corrected chi connectivity index (χ0v) is 20.2. The fourth-order valence-electron chi connectivity index (χ4n) is 4.54.